The molecule has 0 radical (unpaired) electrons. The van der Waals surface area contributed by atoms with Crippen LogP contribution < -0.4 is 4.74 Å². The number of H-pyrrole nitrogens is 1. The molecule has 0 fully saturated rings. The summed E-state index contributed by atoms with van der Waals surface area (Å²) < 4.78 is 5.55. The number of carbonyl (C=O) groups is 2. The maximum Gasteiger partial charge on any atom is 0.251 e. The molecule has 0 saturated heterocycles. The van der Waals surface area contributed by atoms with Crippen LogP contribution in [0.5, 0.6) is 5.75 Å². The number of nitrogens with zero attached hydrogens (tertiary/aromatic N) is 1. The average molecular weight is 280 g/mol. The van der Waals surface area contributed by atoms with Crippen LogP contribution in [-0.4, -0.2) is 21.5 Å². The Kier molecular flexibility index (Phi) is 3.02. The molecule has 0 bridgehead atoms. The number of para-hydroxylation sites is 1. The van der Waals surface area contributed by atoms with Gasteiger partial charge in [-0.3, -0.25) is 9.59 Å². The molecule has 1 aliphatic carbocycles. The molecule has 1 N–H and O–H groups in total. The van der Waals surface area contributed by atoms with E-state index in [9.17, 15) is 9.59 Å². The lowest BCUT2D eigenvalue weighted by Crippen LogP contribution is -2.23. The number of Topliss-reactive ketones (excluding diaryl/α,β-unsaturated/α-hetero) is 2. The molecule has 1 aliphatic rings. The number of aromatic nitrogens is 2. The Morgan fingerprint density at radius 3 is 2.48 bits per heavy atom. The molecule has 5 nitrogen and oxygen atoms in total. The van der Waals surface area contributed by atoms with Crippen LogP contribution in [-0.2, 0) is 11.4 Å². The van der Waals surface area contributed by atoms with E-state index in [1.807, 2.05) is 30.3 Å². The predicted molar refractivity (Wildman–Crippen MR) is 76.9 cm³/mol. The second-order valence-electron chi connectivity index (χ2n) is 4.62. The lowest BCUT2D eigenvalue weighted by Gasteiger charge is -2.12. The van der Waals surface area contributed by atoms with Gasteiger partial charge in [0, 0.05) is 11.1 Å². The van der Waals surface area contributed by atoms with E-state index < -0.39 is 11.6 Å². The number of ether oxygens (including phenoxy) is 1. The number of nitrogens with one attached hydrogen (secondary N) is 1. The van der Waals surface area contributed by atoms with Gasteiger partial charge in [0.2, 0.25) is 5.78 Å². The molecule has 0 unspecified atom stereocenters. The molecule has 0 spiro atoms. The Bertz CT molecular complexity index is 729. The first-order valence-corrected chi connectivity index (χ1v) is 6.32. The van der Waals surface area contributed by atoms with Crippen LogP contribution in [0.4, 0.5) is 0 Å². The van der Waals surface area contributed by atoms with Crippen molar-refractivity contribution < 1.29 is 14.3 Å². The largest absolute Gasteiger partial charge is 0.486 e. The summed E-state index contributed by atoms with van der Waals surface area (Å²) in [6.45, 7) is 7.50. The number of aromatic amines is 1. The zero-order valence-electron chi connectivity index (χ0n) is 11.2. The van der Waals surface area contributed by atoms with E-state index in [4.69, 9.17) is 4.74 Å². The lowest BCUT2D eigenvalue weighted by atomic mass is 9.90. The fourth-order valence-corrected chi connectivity index (χ4v) is 2.07. The first-order chi connectivity index (χ1) is 10.1. The Morgan fingerprint density at radius 1 is 1.05 bits per heavy atom. The van der Waals surface area contributed by atoms with E-state index in [1.165, 1.54) is 0 Å². The molecule has 1 aromatic carbocycles. The van der Waals surface area contributed by atoms with Gasteiger partial charge in [-0.2, -0.15) is 0 Å². The van der Waals surface area contributed by atoms with Gasteiger partial charge in [0.05, 0.1) is 0 Å². The number of fused-ring (bicyclic) bond motifs is 1. The Hall–Kier alpha value is -2.95. The number of ketones is 2. The first-order valence-electron chi connectivity index (χ1n) is 6.32. The Labute approximate surface area is 121 Å². The van der Waals surface area contributed by atoms with Crippen molar-refractivity contribution in [2.24, 2.45) is 0 Å². The fraction of sp³-hybridized carbons (Fsp3) is 0.0625. The van der Waals surface area contributed by atoms with E-state index >= 15 is 0 Å². The summed E-state index contributed by atoms with van der Waals surface area (Å²) in [4.78, 5) is 30.7. The van der Waals surface area contributed by atoms with Gasteiger partial charge in [-0.15, -0.1) is 0 Å². The summed E-state index contributed by atoms with van der Waals surface area (Å²) >= 11 is 0. The summed E-state index contributed by atoms with van der Waals surface area (Å²) in [6.07, 6.45) is 0. The molecule has 1 aromatic heterocycles. The van der Waals surface area contributed by atoms with Crippen molar-refractivity contribution in [3.05, 3.63) is 66.3 Å². The van der Waals surface area contributed by atoms with Gasteiger partial charge in [0.1, 0.15) is 29.6 Å². The Morgan fingerprint density at radius 2 is 1.76 bits per heavy atom. The van der Waals surface area contributed by atoms with E-state index in [0.29, 0.717) is 22.8 Å². The maximum atomic E-state index is 11.9. The number of hydrogen-bond acceptors (Lipinski definition) is 4. The third kappa shape index (κ3) is 2.18. The molecule has 0 saturated carbocycles. The van der Waals surface area contributed by atoms with Crippen molar-refractivity contribution in [2.75, 3.05) is 0 Å². The second kappa shape index (κ2) is 4.86. The molecule has 0 amide bonds. The number of benzene rings is 1. The molecule has 3 rings (SSSR count). The molecule has 21 heavy (non-hydrogen) atoms. The molecular weight excluding hydrogens is 268 g/mol. The highest BCUT2D eigenvalue weighted by Gasteiger charge is 2.34. The fourth-order valence-electron chi connectivity index (χ4n) is 2.07. The van der Waals surface area contributed by atoms with E-state index in [-0.39, 0.29) is 17.9 Å². The van der Waals surface area contributed by atoms with Gasteiger partial charge in [-0.05, 0) is 12.1 Å². The van der Waals surface area contributed by atoms with Crippen LogP contribution in [0, 0.1) is 0 Å². The SMILES string of the molecule is C=C1C(=C)c2nc(COc3ccccc3)[nH]c2C(=O)C1=O. The summed E-state index contributed by atoms with van der Waals surface area (Å²) in [5.41, 5.74) is 0.992. The van der Waals surface area contributed by atoms with Crippen LogP contribution in [0.3, 0.4) is 0 Å². The van der Waals surface area contributed by atoms with Crippen molar-refractivity contribution >= 4 is 17.1 Å². The summed E-state index contributed by atoms with van der Waals surface area (Å²) in [6, 6.07) is 9.24. The van der Waals surface area contributed by atoms with Crippen LogP contribution >= 0.6 is 0 Å². The number of imidazole rings is 1. The first kappa shape index (κ1) is 13.1. The van der Waals surface area contributed by atoms with E-state index in [0.717, 1.165) is 0 Å². The molecule has 104 valence electrons. The summed E-state index contributed by atoms with van der Waals surface area (Å²) in [7, 11) is 0. The average Bonchev–Trinajstić information content (AvgIpc) is 2.94. The third-order valence-corrected chi connectivity index (χ3v) is 3.23. The van der Waals surface area contributed by atoms with Gasteiger partial charge < -0.3 is 9.72 Å². The summed E-state index contributed by atoms with van der Waals surface area (Å²) in [5, 5.41) is 0. The molecule has 0 atom stereocenters. The quantitative estimate of drug-likeness (QED) is 0.691. The number of hydrogen-bond donors (Lipinski definition) is 1. The van der Waals surface area contributed by atoms with Crippen LogP contribution in [0.1, 0.15) is 22.0 Å². The smallest absolute Gasteiger partial charge is 0.251 e. The standard InChI is InChI=1S/C16H12N2O3/c1-9-10(2)15(19)16(20)14-13(9)17-12(18-14)8-21-11-6-4-3-5-7-11/h3-7H,1-2,8H2,(H,17,18). The zero-order chi connectivity index (χ0) is 15.0. The highest BCUT2D eigenvalue weighted by Crippen LogP contribution is 2.29. The molecule has 5 heteroatoms. The highest BCUT2D eigenvalue weighted by atomic mass is 16.5. The van der Waals surface area contributed by atoms with Gasteiger partial charge in [-0.1, -0.05) is 31.4 Å². The zero-order valence-corrected chi connectivity index (χ0v) is 11.2. The van der Waals surface area contributed by atoms with Crippen molar-refractivity contribution in [3.63, 3.8) is 0 Å². The minimum Gasteiger partial charge on any atom is -0.486 e. The third-order valence-electron chi connectivity index (χ3n) is 3.23. The van der Waals surface area contributed by atoms with E-state index in [1.54, 1.807) is 0 Å². The van der Waals surface area contributed by atoms with Gasteiger partial charge in [0.25, 0.3) is 5.78 Å². The topological polar surface area (TPSA) is 72.0 Å². The number of allylic oxidation sites excluding steroid dienone is 2. The van der Waals surface area contributed by atoms with Crippen LogP contribution in [0.15, 0.2) is 49.1 Å². The van der Waals surface area contributed by atoms with Crippen molar-refractivity contribution in [1.29, 1.82) is 0 Å². The van der Waals surface area contributed by atoms with Crippen molar-refractivity contribution in [2.45, 2.75) is 6.61 Å². The predicted octanol–water partition coefficient (Wildman–Crippen LogP) is 2.32. The van der Waals surface area contributed by atoms with Crippen LogP contribution in [0.25, 0.3) is 5.57 Å². The van der Waals surface area contributed by atoms with Gasteiger partial charge >= 0.3 is 0 Å². The maximum absolute atomic E-state index is 11.9. The minimum atomic E-state index is -0.647. The summed E-state index contributed by atoms with van der Waals surface area (Å²) in [5.74, 6) is -0.133. The molecule has 0 aliphatic heterocycles. The van der Waals surface area contributed by atoms with Crippen LogP contribution in [0.2, 0.25) is 0 Å². The van der Waals surface area contributed by atoms with Crippen molar-refractivity contribution in [3.8, 4) is 5.75 Å². The van der Waals surface area contributed by atoms with Gasteiger partial charge in [0.15, 0.2) is 0 Å². The molecule has 1 heterocycles. The number of carbonyl (C=O) groups excluding carboxylic acids is 2. The number of rotatable bonds is 3. The Balaban J connectivity index is 1.86. The molecular formula is C16H12N2O3. The monoisotopic (exact) mass is 280 g/mol. The van der Waals surface area contributed by atoms with Crippen molar-refractivity contribution in [1.82, 2.24) is 9.97 Å². The normalized spacial score (nSPS) is 14.3. The lowest BCUT2D eigenvalue weighted by molar-refractivity contribution is -0.111. The minimum absolute atomic E-state index is 0.0922. The molecule has 2 aromatic rings. The van der Waals surface area contributed by atoms with Gasteiger partial charge in [-0.25, -0.2) is 4.98 Å². The second-order valence-corrected chi connectivity index (χ2v) is 4.62. The highest BCUT2D eigenvalue weighted by molar-refractivity contribution is 6.53. The van der Waals surface area contributed by atoms with E-state index in [2.05, 4.69) is 23.1 Å².